The third kappa shape index (κ3) is 5.38. The number of hydrogen-bond acceptors (Lipinski definition) is 3. The van der Waals surface area contributed by atoms with Gasteiger partial charge in [0.1, 0.15) is 0 Å². The molecule has 0 aliphatic carbocycles. The second-order valence-electron chi connectivity index (χ2n) is 3.40. The molecule has 0 fully saturated rings. The Labute approximate surface area is 102 Å². The van der Waals surface area contributed by atoms with Gasteiger partial charge in [-0.25, -0.2) is 0 Å². The van der Waals surface area contributed by atoms with Crippen molar-refractivity contribution in [1.82, 2.24) is 0 Å². The largest absolute Gasteiger partial charge is 0.384 e. The van der Waals surface area contributed by atoms with Crippen LogP contribution in [0.15, 0.2) is 24.3 Å². The molecular formula is C12H19NS2. The summed E-state index contributed by atoms with van der Waals surface area (Å²) in [5.74, 6) is 3.24. The van der Waals surface area contributed by atoms with E-state index in [1.165, 1.54) is 23.4 Å². The van der Waals surface area contributed by atoms with E-state index in [-0.39, 0.29) is 0 Å². The number of nitrogens with one attached hydrogen (secondary N) is 1. The average Bonchev–Trinajstić information content (AvgIpc) is 2.28. The van der Waals surface area contributed by atoms with Gasteiger partial charge in [0.2, 0.25) is 0 Å². The van der Waals surface area contributed by atoms with Crippen LogP contribution in [0.5, 0.6) is 0 Å². The molecule has 0 aliphatic heterocycles. The van der Waals surface area contributed by atoms with Crippen molar-refractivity contribution in [3.8, 4) is 0 Å². The first-order valence-electron chi connectivity index (χ1n) is 5.38. The number of rotatable bonds is 7. The molecule has 0 aromatic heterocycles. The summed E-state index contributed by atoms with van der Waals surface area (Å²) in [4.78, 5) is 0. The van der Waals surface area contributed by atoms with Crippen LogP contribution in [0.25, 0.3) is 0 Å². The van der Waals surface area contributed by atoms with Crippen molar-refractivity contribution in [2.45, 2.75) is 19.1 Å². The van der Waals surface area contributed by atoms with Crippen molar-refractivity contribution < 1.29 is 0 Å². The van der Waals surface area contributed by atoms with E-state index >= 15 is 0 Å². The molecule has 0 heterocycles. The Balaban J connectivity index is 2.35. The lowest BCUT2D eigenvalue weighted by Crippen LogP contribution is -2.01. The SMILES string of the molecule is CCCSCc1ccc(NCCS)cc1. The predicted octanol–water partition coefficient (Wildman–Crippen LogP) is 3.67. The molecule has 1 N–H and O–H groups in total. The highest BCUT2D eigenvalue weighted by Crippen LogP contribution is 2.15. The summed E-state index contributed by atoms with van der Waals surface area (Å²) in [6.45, 7) is 3.14. The summed E-state index contributed by atoms with van der Waals surface area (Å²) in [5.41, 5.74) is 2.60. The lowest BCUT2D eigenvalue weighted by atomic mass is 10.2. The van der Waals surface area contributed by atoms with Gasteiger partial charge < -0.3 is 5.32 Å². The molecule has 1 aromatic rings. The highest BCUT2D eigenvalue weighted by molar-refractivity contribution is 7.98. The minimum atomic E-state index is 0.869. The Morgan fingerprint density at radius 1 is 1.27 bits per heavy atom. The zero-order valence-corrected chi connectivity index (χ0v) is 10.9. The third-order valence-corrected chi connectivity index (χ3v) is 3.47. The molecule has 0 amide bonds. The van der Waals surface area contributed by atoms with Crippen molar-refractivity contribution in [2.75, 3.05) is 23.4 Å². The van der Waals surface area contributed by atoms with Gasteiger partial charge in [-0.3, -0.25) is 0 Å². The van der Waals surface area contributed by atoms with Crippen LogP contribution < -0.4 is 5.32 Å². The molecule has 0 saturated heterocycles. The molecular weight excluding hydrogens is 222 g/mol. The lowest BCUT2D eigenvalue weighted by molar-refractivity contribution is 1.10. The maximum Gasteiger partial charge on any atom is 0.0340 e. The fourth-order valence-electron chi connectivity index (χ4n) is 1.25. The monoisotopic (exact) mass is 241 g/mol. The van der Waals surface area contributed by atoms with E-state index in [9.17, 15) is 0 Å². The number of thioether (sulfide) groups is 1. The molecule has 0 atom stereocenters. The zero-order chi connectivity index (χ0) is 10.9. The van der Waals surface area contributed by atoms with Gasteiger partial charge in [-0.1, -0.05) is 19.1 Å². The van der Waals surface area contributed by atoms with E-state index in [4.69, 9.17) is 0 Å². The molecule has 0 unspecified atom stereocenters. The quantitative estimate of drug-likeness (QED) is 0.558. The number of thiol groups is 1. The standard InChI is InChI=1S/C12H19NS2/c1-2-9-15-10-11-3-5-12(6-4-11)13-7-8-14/h3-6,13-14H,2,7-10H2,1H3. The van der Waals surface area contributed by atoms with Crippen LogP contribution in [-0.2, 0) is 5.75 Å². The average molecular weight is 241 g/mol. The topological polar surface area (TPSA) is 12.0 Å². The van der Waals surface area contributed by atoms with Gasteiger partial charge in [0.15, 0.2) is 0 Å². The molecule has 3 heteroatoms. The minimum absolute atomic E-state index is 0.869. The molecule has 84 valence electrons. The van der Waals surface area contributed by atoms with E-state index in [1.807, 2.05) is 11.8 Å². The Hall–Kier alpha value is -0.280. The van der Waals surface area contributed by atoms with Gasteiger partial charge in [-0.05, 0) is 29.9 Å². The van der Waals surface area contributed by atoms with Gasteiger partial charge in [0, 0.05) is 23.7 Å². The van der Waals surface area contributed by atoms with Crippen LogP contribution in [0.4, 0.5) is 5.69 Å². The molecule has 0 aliphatic rings. The maximum atomic E-state index is 4.16. The Morgan fingerprint density at radius 2 is 2.00 bits per heavy atom. The molecule has 15 heavy (non-hydrogen) atoms. The van der Waals surface area contributed by atoms with Crippen LogP contribution in [-0.4, -0.2) is 18.1 Å². The number of benzene rings is 1. The summed E-state index contributed by atoms with van der Waals surface area (Å²) in [7, 11) is 0. The summed E-state index contributed by atoms with van der Waals surface area (Å²) >= 11 is 6.16. The van der Waals surface area contributed by atoms with Gasteiger partial charge >= 0.3 is 0 Å². The Morgan fingerprint density at radius 3 is 2.60 bits per heavy atom. The summed E-state index contributed by atoms with van der Waals surface area (Å²) < 4.78 is 0. The smallest absolute Gasteiger partial charge is 0.0340 e. The first kappa shape index (κ1) is 12.8. The van der Waals surface area contributed by atoms with Crippen LogP contribution in [0.3, 0.4) is 0 Å². The van der Waals surface area contributed by atoms with E-state index in [1.54, 1.807) is 0 Å². The van der Waals surface area contributed by atoms with Crippen molar-refractivity contribution in [1.29, 1.82) is 0 Å². The predicted molar refractivity (Wildman–Crippen MR) is 75.2 cm³/mol. The third-order valence-electron chi connectivity index (χ3n) is 2.01. The van der Waals surface area contributed by atoms with Crippen LogP contribution in [0.1, 0.15) is 18.9 Å². The molecule has 0 saturated carbocycles. The maximum absolute atomic E-state index is 4.16. The highest BCUT2D eigenvalue weighted by Gasteiger charge is 1.94. The number of anilines is 1. The molecule has 0 spiro atoms. The first-order chi connectivity index (χ1) is 7.36. The zero-order valence-electron chi connectivity index (χ0n) is 9.20. The second kappa shape index (κ2) is 7.94. The van der Waals surface area contributed by atoms with Gasteiger partial charge in [0.25, 0.3) is 0 Å². The normalized spacial score (nSPS) is 10.3. The molecule has 1 aromatic carbocycles. The van der Waals surface area contributed by atoms with E-state index in [0.29, 0.717) is 0 Å². The fraction of sp³-hybridized carbons (Fsp3) is 0.500. The van der Waals surface area contributed by atoms with Gasteiger partial charge in [-0.15, -0.1) is 0 Å². The Kier molecular flexibility index (Phi) is 6.77. The van der Waals surface area contributed by atoms with E-state index < -0.39 is 0 Å². The van der Waals surface area contributed by atoms with Crippen LogP contribution in [0, 0.1) is 0 Å². The van der Waals surface area contributed by atoms with E-state index in [2.05, 4.69) is 49.1 Å². The van der Waals surface area contributed by atoms with Crippen molar-refractivity contribution in [3.63, 3.8) is 0 Å². The number of hydrogen-bond donors (Lipinski definition) is 2. The summed E-state index contributed by atoms with van der Waals surface area (Å²) in [6, 6.07) is 8.68. The lowest BCUT2D eigenvalue weighted by Gasteiger charge is -2.05. The summed E-state index contributed by atoms with van der Waals surface area (Å²) in [6.07, 6.45) is 1.26. The fourth-order valence-corrected chi connectivity index (χ4v) is 2.23. The molecule has 0 radical (unpaired) electrons. The molecule has 1 rings (SSSR count). The van der Waals surface area contributed by atoms with E-state index in [0.717, 1.165) is 18.1 Å². The molecule has 1 nitrogen and oxygen atoms in total. The first-order valence-corrected chi connectivity index (χ1v) is 7.17. The minimum Gasteiger partial charge on any atom is -0.384 e. The van der Waals surface area contributed by atoms with Crippen molar-refractivity contribution >= 4 is 30.1 Å². The Bertz CT molecular complexity index is 259. The second-order valence-corrected chi connectivity index (χ2v) is 4.95. The van der Waals surface area contributed by atoms with Crippen molar-refractivity contribution in [3.05, 3.63) is 29.8 Å². The van der Waals surface area contributed by atoms with Crippen molar-refractivity contribution in [2.24, 2.45) is 0 Å². The van der Waals surface area contributed by atoms with Gasteiger partial charge in [0.05, 0.1) is 0 Å². The van der Waals surface area contributed by atoms with Crippen LogP contribution in [0.2, 0.25) is 0 Å². The van der Waals surface area contributed by atoms with Gasteiger partial charge in [-0.2, -0.15) is 24.4 Å². The molecule has 0 bridgehead atoms. The summed E-state index contributed by atoms with van der Waals surface area (Å²) in [5, 5.41) is 3.31. The van der Waals surface area contributed by atoms with Crippen LogP contribution >= 0.6 is 24.4 Å². The highest BCUT2D eigenvalue weighted by atomic mass is 32.2.